The zero-order chi connectivity index (χ0) is 11.7. The van der Waals surface area contributed by atoms with E-state index < -0.39 is 0 Å². The molecule has 1 aliphatic heterocycles. The summed E-state index contributed by atoms with van der Waals surface area (Å²) in [6.07, 6.45) is 10.1. The molecule has 2 aliphatic rings. The number of nitrogens with two attached hydrogens (primary N) is 1. The van der Waals surface area contributed by atoms with Gasteiger partial charge >= 0.3 is 0 Å². The van der Waals surface area contributed by atoms with Crippen molar-refractivity contribution in [2.45, 2.75) is 64.0 Å². The van der Waals surface area contributed by atoms with E-state index in [1.54, 1.807) is 0 Å². The third kappa shape index (κ3) is 2.37. The summed E-state index contributed by atoms with van der Waals surface area (Å²) in [5, 5.41) is 8.64. The van der Waals surface area contributed by atoms with Crippen molar-refractivity contribution in [3.63, 3.8) is 0 Å². The predicted octanol–water partition coefficient (Wildman–Crippen LogP) is 1.67. The summed E-state index contributed by atoms with van der Waals surface area (Å²) in [4.78, 5) is 0. The zero-order valence-electron chi connectivity index (χ0n) is 10.4. The molecule has 0 amide bonds. The Kier molecular flexibility index (Phi) is 3.14. The summed E-state index contributed by atoms with van der Waals surface area (Å²) in [6, 6.07) is 0.295. The molecule has 2 N–H and O–H groups in total. The molecule has 4 nitrogen and oxygen atoms in total. The van der Waals surface area contributed by atoms with Crippen LogP contribution in [0, 0.1) is 5.92 Å². The Morgan fingerprint density at radius 1 is 1.18 bits per heavy atom. The first-order valence-corrected chi connectivity index (χ1v) is 6.99. The molecule has 1 atom stereocenters. The Bertz CT molecular complexity index is 379. The van der Waals surface area contributed by atoms with Crippen molar-refractivity contribution >= 4 is 0 Å². The second-order valence-electron chi connectivity index (χ2n) is 5.63. The minimum absolute atomic E-state index is 0.295. The maximum atomic E-state index is 6.02. The molecule has 0 saturated heterocycles. The standard InChI is InChI=1S/C13H22N4/c14-11-6-8-13-16-15-12(17(13)9-11)7-5-10-3-1-2-4-10/h10-11H,1-9,14H2. The van der Waals surface area contributed by atoms with Gasteiger partial charge in [-0.1, -0.05) is 25.7 Å². The SMILES string of the molecule is NC1CCc2nnc(CCC3CCCC3)n2C1. The fourth-order valence-electron chi connectivity index (χ4n) is 3.23. The minimum Gasteiger partial charge on any atom is -0.326 e. The lowest BCUT2D eigenvalue weighted by Gasteiger charge is -2.21. The average Bonchev–Trinajstić information content (AvgIpc) is 2.94. The Balaban J connectivity index is 1.64. The van der Waals surface area contributed by atoms with E-state index >= 15 is 0 Å². The molecule has 0 radical (unpaired) electrons. The summed E-state index contributed by atoms with van der Waals surface area (Å²) >= 11 is 0. The van der Waals surface area contributed by atoms with E-state index in [-0.39, 0.29) is 0 Å². The second kappa shape index (κ2) is 4.77. The Morgan fingerprint density at radius 3 is 2.82 bits per heavy atom. The second-order valence-corrected chi connectivity index (χ2v) is 5.63. The molecule has 1 unspecified atom stereocenters. The quantitative estimate of drug-likeness (QED) is 0.865. The zero-order valence-corrected chi connectivity index (χ0v) is 10.4. The van der Waals surface area contributed by atoms with Gasteiger partial charge in [0.25, 0.3) is 0 Å². The molecule has 1 aliphatic carbocycles. The summed E-state index contributed by atoms with van der Waals surface area (Å²) in [7, 11) is 0. The molecule has 1 aromatic heterocycles. The van der Waals surface area contributed by atoms with Gasteiger partial charge in [-0.25, -0.2) is 0 Å². The van der Waals surface area contributed by atoms with Crippen LogP contribution in [0.3, 0.4) is 0 Å². The van der Waals surface area contributed by atoms with Gasteiger partial charge in [-0.3, -0.25) is 0 Å². The summed E-state index contributed by atoms with van der Waals surface area (Å²) in [6.45, 7) is 0.919. The van der Waals surface area contributed by atoms with Crippen LogP contribution in [0.15, 0.2) is 0 Å². The van der Waals surface area contributed by atoms with Crippen LogP contribution in [0.1, 0.15) is 50.2 Å². The maximum Gasteiger partial charge on any atom is 0.133 e. The van der Waals surface area contributed by atoms with Gasteiger partial charge < -0.3 is 10.3 Å². The molecular formula is C13H22N4. The van der Waals surface area contributed by atoms with Gasteiger partial charge in [-0.15, -0.1) is 10.2 Å². The van der Waals surface area contributed by atoms with Crippen molar-refractivity contribution in [2.24, 2.45) is 11.7 Å². The van der Waals surface area contributed by atoms with Crippen molar-refractivity contribution in [2.75, 3.05) is 0 Å². The van der Waals surface area contributed by atoms with E-state index in [0.29, 0.717) is 6.04 Å². The van der Waals surface area contributed by atoms with Crippen LogP contribution < -0.4 is 5.73 Å². The summed E-state index contributed by atoms with van der Waals surface area (Å²) in [5.41, 5.74) is 6.02. The van der Waals surface area contributed by atoms with Crippen LogP contribution in [0.5, 0.6) is 0 Å². The van der Waals surface area contributed by atoms with Gasteiger partial charge in [0, 0.05) is 25.4 Å². The van der Waals surface area contributed by atoms with Crippen LogP contribution in [-0.2, 0) is 19.4 Å². The van der Waals surface area contributed by atoms with Gasteiger partial charge in [0.05, 0.1) is 0 Å². The average molecular weight is 234 g/mol. The fourth-order valence-corrected chi connectivity index (χ4v) is 3.23. The smallest absolute Gasteiger partial charge is 0.133 e. The highest BCUT2D eigenvalue weighted by molar-refractivity contribution is 5.01. The van der Waals surface area contributed by atoms with E-state index in [9.17, 15) is 0 Å². The number of hydrogen-bond donors (Lipinski definition) is 1. The van der Waals surface area contributed by atoms with Crippen molar-refractivity contribution < 1.29 is 0 Å². The Hall–Kier alpha value is -0.900. The van der Waals surface area contributed by atoms with Crippen LogP contribution in [0.4, 0.5) is 0 Å². The van der Waals surface area contributed by atoms with Crippen LogP contribution in [0.2, 0.25) is 0 Å². The molecule has 3 rings (SSSR count). The van der Waals surface area contributed by atoms with E-state index in [1.165, 1.54) is 37.9 Å². The number of aromatic nitrogens is 3. The predicted molar refractivity (Wildman–Crippen MR) is 66.6 cm³/mol. The molecule has 0 aromatic carbocycles. The first-order valence-electron chi connectivity index (χ1n) is 6.99. The van der Waals surface area contributed by atoms with Gasteiger partial charge in [-0.2, -0.15) is 0 Å². The molecule has 1 saturated carbocycles. The van der Waals surface area contributed by atoms with Gasteiger partial charge in [0.2, 0.25) is 0 Å². The topological polar surface area (TPSA) is 56.7 Å². The Morgan fingerprint density at radius 2 is 2.00 bits per heavy atom. The minimum atomic E-state index is 0.295. The van der Waals surface area contributed by atoms with Crippen molar-refractivity contribution in [1.29, 1.82) is 0 Å². The molecule has 2 heterocycles. The van der Waals surface area contributed by atoms with Crippen LogP contribution in [0.25, 0.3) is 0 Å². The third-order valence-corrected chi connectivity index (χ3v) is 4.31. The number of nitrogens with zero attached hydrogens (tertiary/aromatic N) is 3. The number of hydrogen-bond acceptors (Lipinski definition) is 3. The highest BCUT2D eigenvalue weighted by Gasteiger charge is 2.21. The third-order valence-electron chi connectivity index (χ3n) is 4.31. The molecule has 4 heteroatoms. The first-order chi connectivity index (χ1) is 8.33. The van der Waals surface area contributed by atoms with Gasteiger partial charge in [0.15, 0.2) is 0 Å². The number of rotatable bonds is 3. The van der Waals surface area contributed by atoms with Crippen molar-refractivity contribution in [1.82, 2.24) is 14.8 Å². The summed E-state index contributed by atoms with van der Waals surface area (Å²) in [5.74, 6) is 3.25. The van der Waals surface area contributed by atoms with Gasteiger partial charge in [-0.05, 0) is 18.8 Å². The molecule has 94 valence electrons. The molecule has 17 heavy (non-hydrogen) atoms. The van der Waals surface area contributed by atoms with Crippen molar-refractivity contribution in [3.05, 3.63) is 11.6 Å². The molecule has 0 bridgehead atoms. The molecular weight excluding hydrogens is 212 g/mol. The fraction of sp³-hybridized carbons (Fsp3) is 0.846. The normalized spacial score (nSPS) is 25.1. The first kappa shape index (κ1) is 11.2. The molecule has 0 spiro atoms. The molecule has 1 aromatic rings. The van der Waals surface area contributed by atoms with Gasteiger partial charge in [0.1, 0.15) is 11.6 Å². The van der Waals surface area contributed by atoms with E-state index in [2.05, 4.69) is 14.8 Å². The number of fused-ring (bicyclic) bond motifs is 1. The van der Waals surface area contributed by atoms with E-state index in [1.807, 2.05) is 0 Å². The highest BCUT2D eigenvalue weighted by atomic mass is 15.3. The Labute approximate surface area is 103 Å². The maximum absolute atomic E-state index is 6.02. The van der Waals surface area contributed by atoms with Crippen molar-refractivity contribution in [3.8, 4) is 0 Å². The van der Waals surface area contributed by atoms with E-state index in [4.69, 9.17) is 5.73 Å². The lowest BCUT2D eigenvalue weighted by molar-refractivity contribution is 0.431. The molecule has 1 fully saturated rings. The lowest BCUT2D eigenvalue weighted by Crippen LogP contribution is -2.32. The van der Waals surface area contributed by atoms with Crippen LogP contribution in [-0.4, -0.2) is 20.8 Å². The number of aryl methyl sites for hydroxylation is 2. The summed E-state index contributed by atoms with van der Waals surface area (Å²) < 4.78 is 2.27. The highest BCUT2D eigenvalue weighted by Crippen LogP contribution is 2.28. The van der Waals surface area contributed by atoms with E-state index in [0.717, 1.165) is 37.5 Å². The van der Waals surface area contributed by atoms with Crippen LogP contribution >= 0.6 is 0 Å². The largest absolute Gasteiger partial charge is 0.326 e. The lowest BCUT2D eigenvalue weighted by atomic mass is 10.0. The monoisotopic (exact) mass is 234 g/mol.